The fourth-order valence-electron chi connectivity index (χ4n) is 1.73. The van der Waals surface area contributed by atoms with Gasteiger partial charge >= 0.3 is 0 Å². The standard InChI is InChI=1S/C14H23BrN2O/c1-17(2)9-5-4-8-16-11-12-6-7-14(18-3)13(15)10-12/h6-7,10,16H,4-5,8-9,11H2,1-3H3. The van der Waals surface area contributed by atoms with Crippen LogP contribution in [-0.2, 0) is 6.54 Å². The molecule has 0 saturated carbocycles. The van der Waals surface area contributed by atoms with Gasteiger partial charge in [-0.05, 0) is 73.7 Å². The van der Waals surface area contributed by atoms with Crippen LogP contribution in [0.5, 0.6) is 5.75 Å². The van der Waals surface area contributed by atoms with Gasteiger partial charge in [-0.3, -0.25) is 0 Å². The van der Waals surface area contributed by atoms with Gasteiger partial charge in [0, 0.05) is 6.54 Å². The molecule has 1 aromatic carbocycles. The predicted octanol–water partition coefficient (Wildman–Crippen LogP) is 2.89. The first-order chi connectivity index (χ1) is 8.63. The van der Waals surface area contributed by atoms with Gasteiger partial charge in [-0.15, -0.1) is 0 Å². The number of nitrogens with zero attached hydrogens (tertiary/aromatic N) is 1. The molecule has 1 rings (SSSR count). The second-order valence-electron chi connectivity index (χ2n) is 4.66. The zero-order valence-corrected chi connectivity index (χ0v) is 13.1. The van der Waals surface area contributed by atoms with Gasteiger partial charge < -0.3 is 15.0 Å². The molecule has 0 spiro atoms. The number of ether oxygens (including phenoxy) is 1. The van der Waals surface area contributed by atoms with Crippen LogP contribution in [0.4, 0.5) is 0 Å². The lowest BCUT2D eigenvalue weighted by Crippen LogP contribution is -2.18. The molecule has 1 aromatic rings. The van der Waals surface area contributed by atoms with Crippen molar-refractivity contribution in [2.24, 2.45) is 0 Å². The average molecular weight is 315 g/mol. The van der Waals surface area contributed by atoms with Crippen molar-refractivity contribution in [1.82, 2.24) is 10.2 Å². The number of benzene rings is 1. The van der Waals surface area contributed by atoms with Gasteiger partial charge in [-0.2, -0.15) is 0 Å². The molecule has 0 fully saturated rings. The summed E-state index contributed by atoms with van der Waals surface area (Å²) in [5.74, 6) is 0.879. The van der Waals surface area contributed by atoms with Crippen molar-refractivity contribution in [2.45, 2.75) is 19.4 Å². The van der Waals surface area contributed by atoms with E-state index >= 15 is 0 Å². The van der Waals surface area contributed by atoms with E-state index in [0.29, 0.717) is 0 Å². The van der Waals surface area contributed by atoms with Crippen molar-refractivity contribution in [3.8, 4) is 5.75 Å². The quantitative estimate of drug-likeness (QED) is 0.747. The van der Waals surface area contributed by atoms with Crippen LogP contribution in [0, 0.1) is 0 Å². The van der Waals surface area contributed by atoms with Gasteiger partial charge in [-0.25, -0.2) is 0 Å². The van der Waals surface area contributed by atoms with Crippen LogP contribution < -0.4 is 10.1 Å². The Morgan fingerprint density at radius 3 is 2.67 bits per heavy atom. The van der Waals surface area contributed by atoms with Crippen molar-refractivity contribution < 1.29 is 4.74 Å². The zero-order chi connectivity index (χ0) is 13.4. The molecule has 0 aliphatic carbocycles. The van der Waals surface area contributed by atoms with Gasteiger partial charge in [0.05, 0.1) is 11.6 Å². The lowest BCUT2D eigenvalue weighted by molar-refractivity contribution is 0.391. The second-order valence-corrected chi connectivity index (χ2v) is 5.51. The van der Waals surface area contributed by atoms with Crippen LogP contribution in [0.15, 0.2) is 22.7 Å². The van der Waals surface area contributed by atoms with Crippen LogP contribution >= 0.6 is 15.9 Å². The summed E-state index contributed by atoms with van der Waals surface area (Å²) in [5, 5.41) is 3.46. The van der Waals surface area contributed by atoms with Gasteiger partial charge in [0.2, 0.25) is 0 Å². The van der Waals surface area contributed by atoms with Crippen LogP contribution in [-0.4, -0.2) is 39.2 Å². The fourth-order valence-corrected chi connectivity index (χ4v) is 2.32. The number of rotatable bonds is 8. The Labute approximate surface area is 119 Å². The van der Waals surface area contributed by atoms with Crippen LogP contribution in [0.1, 0.15) is 18.4 Å². The van der Waals surface area contributed by atoms with E-state index in [9.17, 15) is 0 Å². The smallest absolute Gasteiger partial charge is 0.133 e. The van der Waals surface area contributed by atoms with Crippen LogP contribution in [0.3, 0.4) is 0 Å². The molecule has 4 heteroatoms. The highest BCUT2D eigenvalue weighted by atomic mass is 79.9. The maximum Gasteiger partial charge on any atom is 0.133 e. The highest BCUT2D eigenvalue weighted by Gasteiger charge is 2.00. The highest BCUT2D eigenvalue weighted by molar-refractivity contribution is 9.10. The molecule has 18 heavy (non-hydrogen) atoms. The fraction of sp³-hybridized carbons (Fsp3) is 0.571. The number of nitrogens with one attached hydrogen (secondary N) is 1. The molecule has 0 atom stereocenters. The van der Waals surface area contributed by atoms with E-state index in [2.05, 4.69) is 52.4 Å². The SMILES string of the molecule is COc1ccc(CNCCCCN(C)C)cc1Br. The lowest BCUT2D eigenvalue weighted by atomic mass is 10.2. The molecule has 0 bridgehead atoms. The lowest BCUT2D eigenvalue weighted by Gasteiger charge is -2.10. The molecule has 0 radical (unpaired) electrons. The molecule has 0 saturated heterocycles. The number of hydrogen-bond donors (Lipinski definition) is 1. The molecule has 0 aliphatic rings. The van der Waals surface area contributed by atoms with Gasteiger partial charge in [-0.1, -0.05) is 6.07 Å². The Morgan fingerprint density at radius 1 is 1.28 bits per heavy atom. The number of halogens is 1. The van der Waals surface area contributed by atoms with Gasteiger partial charge in [0.15, 0.2) is 0 Å². The first kappa shape index (κ1) is 15.5. The first-order valence-corrected chi connectivity index (χ1v) is 7.10. The third-order valence-corrected chi connectivity index (χ3v) is 3.37. The minimum atomic E-state index is 0.879. The minimum absolute atomic E-state index is 0.879. The van der Waals surface area contributed by atoms with Crippen molar-refractivity contribution in [1.29, 1.82) is 0 Å². The molecule has 1 N–H and O–H groups in total. The second kappa shape index (κ2) is 8.51. The Hall–Kier alpha value is -0.580. The largest absolute Gasteiger partial charge is 0.496 e. The summed E-state index contributed by atoms with van der Waals surface area (Å²) in [4.78, 5) is 2.22. The summed E-state index contributed by atoms with van der Waals surface area (Å²) in [6.45, 7) is 3.14. The zero-order valence-electron chi connectivity index (χ0n) is 11.5. The average Bonchev–Trinajstić information content (AvgIpc) is 2.33. The Balaban J connectivity index is 2.21. The molecule has 0 aromatic heterocycles. The van der Waals surface area contributed by atoms with E-state index < -0.39 is 0 Å². The highest BCUT2D eigenvalue weighted by Crippen LogP contribution is 2.25. The molecular formula is C14H23BrN2O. The van der Waals surface area contributed by atoms with E-state index in [1.807, 2.05) is 6.07 Å². The van der Waals surface area contributed by atoms with Gasteiger partial charge in [0.1, 0.15) is 5.75 Å². The summed E-state index contributed by atoms with van der Waals surface area (Å²) in [6, 6.07) is 6.19. The van der Waals surface area contributed by atoms with Crippen LogP contribution in [0.2, 0.25) is 0 Å². The Bertz CT molecular complexity index is 356. The molecule has 0 unspecified atom stereocenters. The van der Waals surface area contributed by atoms with Crippen molar-refractivity contribution in [2.75, 3.05) is 34.3 Å². The summed E-state index contributed by atoms with van der Waals surface area (Å²) in [5.41, 5.74) is 1.27. The van der Waals surface area contributed by atoms with Crippen molar-refractivity contribution in [3.63, 3.8) is 0 Å². The van der Waals surface area contributed by atoms with E-state index in [1.165, 1.54) is 18.4 Å². The van der Waals surface area contributed by atoms with Crippen molar-refractivity contribution >= 4 is 15.9 Å². The summed E-state index contributed by atoms with van der Waals surface area (Å²) in [7, 11) is 5.91. The minimum Gasteiger partial charge on any atom is -0.496 e. The van der Waals surface area contributed by atoms with Gasteiger partial charge in [0.25, 0.3) is 0 Å². The van der Waals surface area contributed by atoms with E-state index in [4.69, 9.17) is 4.74 Å². The Kier molecular flexibility index (Phi) is 7.32. The molecule has 0 amide bonds. The van der Waals surface area contributed by atoms with E-state index in [-0.39, 0.29) is 0 Å². The topological polar surface area (TPSA) is 24.5 Å². The molecule has 3 nitrogen and oxygen atoms in total. The molecule has 102 valence electrons. The van der Waals surface area contributed by atoms with Crippen molar-refractivity contribution in [3.05, 3.63) is 28.2 Å². The van der Waals surface area contributed by atoms with E-state index in [1.54, 1.807) is 7.11 Å². The number of hydrogen-bond acceptors (Lipinski definition) is 3. The maximum atomic E-state index is 5.21. The summed E-state index contributed by atoms with van der Waals surface area (Å²) in [6.07, 6.45) is 2.46. The summed E-state index contributed by atoms with van der Waals surface area (Å²) < 4.78 is 6.22. The maximum absolute atomic E-state index is 5.21. The monoisotopic (exact) mass is 314 g/mol. The normalized spacial score (nSPS) is 10.9. The first-order valence-electron chi connectivity index (χ1n) is 6.31. The number of methoxy groups -OCH3 is 1. The van der Waals surface area contributed by atoms with Crippen LogP contribution in [0.25, 0.3) is 0 Å². The molecule has 0 aliphatic heterocycles. The molecule has 0 heterocycles. The van der Waals surface area contributed by atoms with E-state index in [0.717, 1.165) is 29.9 Å². The predicted molar refractivity (Wildman–Crippen MR) is 80.2 cm³/mol. The number of unbranched alkanes of at least 4 members (excludes halogenated alkanes) is 1. The Morgan fingerprint density at radius 2 is 2.06 bits per heavy atom. The third kappa shape index (κ3) is 5.85. The molecular weight excluding hydrogens is 292 g/mol. The summed E-state index contributed by atoms with van der Waals surface area (Å²) >= 11 is 3.50. The third-order valence-electron chi connectivity index (χ3n) is 2.75.